The Hall–Kier alpha value is -0.900. The summed E-state index contributed by atoms with van der Waals surface area (Å²) in [7, 11) is 4.18. The first-order valence-electron chi connectivity index (χ1n) is 5.33. The lowest BCUT2D eigenvalue weighted by molar-refractivity contribution is 0.401. The number of fused-ring (bicyclic) bond motifs is 1. The molecular formula is C10H18N4. The molecule has 0 spiro atoms. The third-order valence-electron chi connectivity index (χ3n) is 2.72. The fraction of sp³-hybridized carbons (Fsp3) is 0.800. The molecule has 1 aliphatic heterocycles. The monoisotopic (exact) mass is 194 g/mol. The van der Waals surface area contributed by atoms with E-state index < -0.39 is 0 Å². The van der Waals surface area contributed by atoms with Crippen molar-refractivity contribution in [3.63, 3.8) is 0 Å². The highest BCUT2D eigenvalue weighted by molar-refractivity contribution is 4.99. The molecule has 0 radical (unpaired) electrons. The van der Waals surface area contributed by atoms with Crippen LogP contribution < -0.4 is 0 Å². The van der Waals surface area contributed by atoms with Crippen molar-refractivity contribution in [2.45, 2.75) is 32.2 Å². The standard InChI is InChI=1S/C10H18N4/c1-13(2)8-6-10-12-11-9-5-3-4-7-14(9)10/h3-8H2,1-2H3. The van der Waals surface area contributed by atoms with Crippen LogP contribution in [0.2, 0.25) is 0 Å². The lowest BCUT2D eigenvalue weighted by atomic mass is 10.1. The van der Waals surface area contributed by atoms with Gasteiger partial charge in [-0.3, -0.25) is 0 Å². The summed E-state index contributed by atoms with van der Waals surface area (Å²) in [6.07, 6.45) is 4.67. The largest absolute Gasteiger partial charge is 0.315 e. The molecule has 0 aliphatic carbocycles. The number of aryl methyl sites for hydroxylation is 1. The van der Waals surface area contributed by atoms with Crippen molar-refractivity contribution in [1.82, 2.24) is 19.7 Å². The molecule has 0 atom stereocenters. The lowest BCUT2D eigenvalue weighted by Gasteiger charge is -2.15. The van der Waals surface area contributed by atoms with Crippen molar-refractivity contribution >= 4 is 0 Å². The number of likely N-dealkylation sites (N-methyl/N-ethyl adjacent to an activating group) is 1. The van der Waals surface area contributed by atoms with Gasteiger partial charge in [0.05, 0.1) is 0 Å². The Balaban J connectivity index is 2.06. The topological polar surface area (TPSA) is 34.0 Å². The second-order valence-corrected chi connectivity index (χ2v) is 4.19. The minimum atomic E-state index is 1.01. The number of hydrogen-bond acceptors (Lipinski definition) is 3. The summed E-state index contributed by atoms with van der Waals surface area (Å²) >= 11 is 0. The zero-order valence-electron chi connectivity index (χ0n) is 9.03. The van der Waals surface area contributed by atoms with E-state index in [2.05, 4.69) is 33.8 Å². The summed E-state index contributed by atoms with van der Waals surface area (Å²) in [5.41, 5.74) is 0. The Bertz CT molecular complexity index is 303. The first-order valence-corrected chi connectivity index (χ1v) is 5.33. The lowest BCUT2D eigenvalue weighted by Crippen LogP contribution is -2.19. The summed E-state index contributed by atoms with van der Waals surface area (Å²) in [6, 6.07) is 0. The van der Waals surface area contributed by atoms with Crippen LogP contribution in [0.25, 0.3) is 0 Å². The maximum Gasteiger partial charge on any atom is 0.134 e. The molecule has 0 saturated carbocycles. The van der Waals surface area contributed by atoms with Gasteiger partial charge in [-0.15, -0.1) is 10.2 Å². The van der Waals surface area contributed by atoms with E-state index in [0.29, 0.717) is 0 Å². The molecule has 0 fully saturated rings. The maximum absolute atomic E-state index is 4.26. The van der Waals surface area contributed by atoms with E-state index in [-0.39, 0.29) is 0 Å². The SMILES string of the molecule is CN(C)CCc1nnc2n1CCCC2. The van der Waals surface area contributed by atoms with Gasteiger partial charge in [-0.25, -0.2) is 0 Å². The number of nitrogens with zero attached hydrogens (tertiary/aromatic N) is 4. The van der Waals surface area contributed by atoms with Crippen LogP contribution in [0.1, 0.15) is 24.5 Å². The van der Waals surface area contributed by atoms with Gasteiger partial charge in [0, 0.05) is 25.9 Å². The molecule has 78 valence electrons. The van der Waals surface area contributed by atoms with Gasteiger partial charge >= 0.3 is 0 Å². The van der Waals surface area contributed by atoms with Crippen LogP contribution >= 0.6 is 0 Å². The second kappa shape index (κ2) is 4.09. The van der Waals surface area contributed by atoms with Crippen molar-refractivity contribution in [3.05, 3.63) is 11.6 Å². The molecule has 2 heterocycles. The maximum atomic E-state index is 4.26. The van der Waals surface area contributed by atoms with Crippen molar-refractivity contribution in [2.75, 3.05) is 20.6 Å². The Morgan fingerprint density at radius 1 is 1.29 bits per heavy atom. The highest BCUT2D eigenvalue weighted by Crippen LogP contribution is 2.14. The van der Waals surface area contributed by atoms with Gasteiger partial charge in [-0.1, -0.05) is 0 Å². The summed E-state index contributed by atoms with van der Waals surface area (Å²) in [5, 5.41) is 8.49. The van der Waals surface area contributed by atoms with Crippen molar-refractivity contribution < 1.29 is 0 Å². The summed E-state index contributed by atoms with van der Waals surface area (Å²) in [6.45, 7) is 2.17. The molecule has 4 nitrogen and oxygen atoms in total. The molecule has 1 aliphatic rings. The van der Waals surface area contributed by atoms with Gasteiger partial charge in [-0.05, 0) is 26.9 Å². The van der Waals surface area contributed by atoms with Crippen LogP contribution in [0.5, 0.6) is 0 Å². The molecular weight excluding hydrogens is 176 g/mol. The first kappa shape index (κ1) is 9.65. The van der Waals surface area contributed by atoms with E-state index in [1.165, 1.54) is 18.7 Å². The van der Waals surface area contributed by atoms with Crippen LogP contribution in [0, 0.1) is 0 Å². The quantitative estimate of drug-likeness (QED) is 0.711. The van der Waals surface area contributed by atoms with Crippen LogP contribution in [0.4, 0.5) is 0 Å². The summed E-state index contributed by atoms with van der Waals surface area (Å²) in [5.74, 6) is 2.35. The molecule has 14 heavy (non-hydrogen) atoms. The summed E-state index contributed by atoms with van der Waals surface area (Å²) in [4.78, 5) is 2.18. The van der Waals surface area contributed by atoms with E-state index in [4.69, 9.17) is 0 Å². The fourth-order valence-electron chi connectivity index (χ4n) is 1.88. The first-order chi connectivity index (χ1) is 6.77. The van der Waals surface area contributed by atoms with E-state index >= 15 is 0 Å². The van der Waals surface area contributed by atoms with Crippen LogP contribution in [-0.4, -0.2) is 40.3 Å². The van der Waals surface area contributed by atoms with Gasteiger partial charge in [0.2, 0.25) is 0 Å². The van der Waals surface area contributed by atoms with Gasteiger partial charge in [0.25, 0.3) is 0 Å². The van der Waals surface area contributed by atoms with Crippen molar-refractivity contribution in [2.24, 2.45) is 0 Å². The highest BCUT2D eigenvalue weighted by atomic mass is 15.3. The predicted octanol–water partition coefficient (Wildman–Crippen LogP) is 0.718. The number of rotatable bonds is 3. The third-order valence-corrected chi connectivity index (χ3v) is 2.72. The smallest absolute Gasteiger partial charge is 0.134 e. The van der Waals surface area contributed by atoms with Gasteiger partial charge in [0.15, 0.2) is 0 Å². The summed E-state index contributed by atoms with van der Waals surface area (Å²) < 4.78 is 2.30. The Labute approximate surface area is 84.9 Å². The fourth-order valence-corrected chi connectivity index (χ4v) is 1.88. The van der Waals surface area contributed by atoms with Gasteiger partial charge < -0.3 is 9.47 Å². The molecule has 0 N–H and O–H groups in total. The number of hydrogen-bond donors (Lipinski definition) is 0. The van der Waals surface area contributed by atoms with Crippen LogP contribution in [0.3, 0.4) is 0 Å². The normalized spacial score (nSPS) is 15.9. The average molecular weight is 194 g/mol. The molecule has 0 saturated heterocycles. The van der Waals surface area contributed by atoms with Gasteiger partial charge in [0.1, 0.15) is 11.6 Å². The van der Waals surface area contributed by atoms with Crippen LogP contribution in [-0.2, 0) is 19.4 Å². The third kappa shape index (κ3) is 1.95. The zero-order chi connectivity index (χ0) is 9.97. The average Bonchev–Trinajstić information content (AvgIpc) is 2.58. The van der Waals surface area contributed by atoms with E-state index in [9.17, 15) is 0 Å². The van der Waals surface area contributed by atoms with E-state index in [0.717, 1.165) is 31.8 Å². The Morgan fingerprint density at radius 3 is 2.93 bits per heavy atom. The molecule has 2 rings (SSSR count). The molecule has 0 amide bonds. The predicted molar refractivity (Wildman–Crippen MR) is 55.2 cm³/mol. The highest BCUT2D eigenvalue weighted by Gasteiger charge is 2.14. The molecule has 1 aromatic heterocycles. The van der Waals surface area contributed by atoms with Crippen molar-refractivity contribution in [3.8, 4) is 0 Å². The van der Waals surface area contributed by atoms with Crippen LogP contribution in [0.15, 0.2) is 0 Å². The zero-order valence-corrected chi connectivity index (χ0v) is 9.03. The Kier molecular flexibility index (Phi) is 2.82. The minimum Gasteiger partial charge on any atom is -0.315 e. The van der Waals surface area contributed by atoms with E-state index in [1.807, 2.05) is 0 Å². The molecule has 1 aromatic rings. The number of aromatic nitrogens is 3. The second-order valence-electron chi connectivity index (χ2n) is 4.19. The van der Waals surface area contributed by atoms with Gasteiger partial charge in [-0.2, -0.15) is 0 Å². The Morgan fingerprint density at radius 2 is 2.14 bits per heavy atom. The van der Waals surface area contributed by atoms with Crippen molar-refractivity contribution in [1.29, 1.82) is 0 Å². The van der Waals surface area contributed by atoms with E-state index in [1.54, 1.807) is 0 Å². The molecule has 0 aromatic carbocycles. The molecule has 0 bridgehead atoms. The molecule has 0 unspecified atom stereocenters. The molecule has 4 heteroatoms. The minimum absolute atomic E-state index is 1.01.